The fourth-order valence-electron chi connectivity index (χ4n) is 1.73. The first-order valence-electron chi connectivity index (χ1n) is 6.92. The van der Waals surface area contributed by atoms with Crippen LogP contribution in [0.5, 0.6) is 0 Å². The molecule has 0 radical (unpaired) electrons. The SMILES string of the molecule is O=C(S)NOOC(=NCc1ccccc1)NCc1ccccc1. The third-order valence-corrected chi connectivity index (χ3v) is 2.88. The zero-order chi connectivity index (χ0) is 16.3. The molecular weight excluding hydrogens is 314 g/mol. The molecule has 1 amide bonds. The maximum Gasteiger partial charge on any atom is 0.325 e. The molecule has 0 aliphatic rings. The number of nitrogens with one attached hydrogen (secondary N) is 2. The summed E-state index contributed by atoms with van der Waals surface area (Å²) < 4.78 is 0. The van der Waals surface area contributed by atoms with Gasteiger partial charge in [0, 0.05) is 6.54 Å². The molecule has 0 atom stereocenters. The van der Waals surface area contributed by atoms with Gasteiger partial charge in [-0.3, -0.25) is 9.68 Å². The number of hydrogen-bond acceptors (Lipinski definition) is 4. The van der Waals surface area contributed by atoms with Crippen LogP contribution in [0.15, 0.2) is 65.7 Å². The molecule has 0 aliphatic heterocycles. The third kappa shape index (κ3) is 6.86. The van der Waals surface area contributed by atoms with E-state index in [2.05, 4.69) is 27.9 Å². The summed E-state index contributed by atoms with van der Waals surface area (Å²) in [6.45, 7) is 0.919. The summed E-state index contributed by atoms with van der Waals surface area (Å²) in [5.74, 6) is 0. The van der Waals surface area contributed by atoms with E-state index in [0.29, 0.717) is 13.1 Å². The summed E-state index contributed by atoms with van der Waals surface area (Å²) in [6, 6.07) is 19.6. The lowest BCUT2D eigenvalue weighted by molar-refractivity contribution is -0.258. The molecule has 2 N–H and O–H groups in total. The van der Waals surface area contributed by atoms with Gasteiger partial charge >= 0.3 is 11.3 Å². The predicted octanol–water partition coefficient (Wildman–Crippen LogP) is 2.84. The molecule has 23 heavy (non-hydrogen) atoms. The van der Waals surface area contributed by atoms with Gasteiger partial charge in [0.05, 0.1) is 6.54 Å². The molecule has 0 aliphatic carbocycles. The molecule has 2 rings (SSSR count). The Bertz CT molecular complexity index is 636. The second-order valence-electron chi connectivity index (χ2n) is 4.52. The van der Waals surface area contributed by atoms with Crippen LogP contribution in [0.1, 0.15) is 11.1 Å². The summed E-state index contributed by atoms with van der Waals surface area (Å²) in [5, 5.41) is 2.34. The number of carbonyl (C=O) groups is 1. The van der Waals surface area contributed by atoms with Crippen LogP contribution in [0.3, 0.4) is 0 Å². The molecule has 0 fully saturated rings. The van der Waals surface area contributed by atoms with Crippen LogP contribution in [-0.4, -0.2) is 11.3 Å². The Morgan fingerprint density at radius 1 is 1.00 bits per heavy atom. The van der Waals surface area contributed by atoms with Crippen LogP contribution in [-0.2, 0) is 23.0 Å². The summed E-state index contributed by atoms with van der Waals surface area (Å²) >= 11 is 3.50. The van der Waals surface area contributed by atoms with Gasteiger partial charge in [0.15, 0.2) is 0 Å². The zero-order valence-corrected chi connectivity index (χ0v) is 13.2. The van der Waals surface area contributed by atoms with E-state index in [1.807, 2.05) is 66.1 Å². The highest BCUT2D eigenvalue weighted by atomic mass is 32.1. The number of rotatable bonds is 6. The molecule has 0 heterocycles. The number of benzene rings is 2. The minimum absolute atomic E-state index is 0.153. The lowest BCUT2D eigenvalue weighted by Crippen LogP contribution is -2.29. The fourth-order valence-corrected chi connectivity index (χ4v) is 1.76. The minimum Gasteiger partial charge on any atom is -0.333 e. The van der Waals surface area contributed by atoms with E-state index in [-0.39, 0.29) is 6.02 Å². The van der Waals surface area contributed by atoms with Crippen molar-refractivity contribution in [1.29, 1.82) is 0 Å². The van der Waals surface area contributed by atoms with E-state index in [1.54, 1.807) is 0 Å². The highest BCUT2D eigenvalue weighted by molar-refractivity contribution is 7.96. The third-order valence-electron chi connectivity index (χ3n) is 2.78. The number of amides is 1. The first-order valence-corrected chi connectivity index (χ1v) is 7.37. The number of amidine groups is 1. The summed E-state index contributed by atoms with van der Waals surface area (Å²) in [6.07, 6.45) is 0. The van der Waals surface area contributed by atoms with Gasteiger partial charge in [-0.2, -0.15) is 5.48 Å². The zero-order valence-electron chi connectivity index (χ0n) is 12.3. The van der Waals surface area contributed by atoms with Crippen molar-refractivity contribution >= 4 is 23.9 Å². The average molecular weight is 331 g/mol. The van der Waals surface area contributed by atoms with Crippen LogP contribution in [0, 0.1) is 0 Å². The predicted molar refractivity (Wildman–Crippen MR) is 90.6 cm³/mol. The Morgan fingerprint density at radius 2 is 1.61 bits per heavy atom. The minimum atomic E-state index is -0.671. The topological polar surface area (TPSA) is 72.0 Å². The molecule has 6 nitrogen and oxygen atoms in total. The van der Waals surface area contributed by atoms with E-state index in [9.17, 15) is 4.79 Å². The Kier molecular flexibility index (Phi) is 6.96. The molecule has 0 aromatic heterocycles. The molecule has 2 aromatic carbocycles. The maximum atomic E-state index is 10.7. The second-order valence-corrected chi connectivity index (χ2v) is 4.93. The summed E-state index contributed by atoms with van der Waals surface area (Å²) in [7, 11) is 0. The van der Waals surface area contributed by atoms with Crippen LogP contribution in [0.4, 0.5) is 4.79 Å². The summed E-state index contributed by atoms with van der Waals surface area (Å²) in [5.41, 5.74) is 4.03. The molecule has 0 saturated carbocycles. The first kappa shape index (κ1) is 16.9. The number of carbonyl (C=O) groups excluding carboxylic acids is 1. The normalized spacial score (nSPS) is 10.9. The van der Waals surface area contributed by atoms with Crippen LogP contribution in [0.25, 0.3) is 0 Å². The highest BCUT2D eigenvalue weighted by Crippen LogP contribution is 2.02. The average Bonchev–Trinajstić information content (AvgIpc) is 2.58. The van der Waals surface area contributed by atoms with Crippen molar-refractivity contribution in [2.45, 2.75) is 13.1 Å². The van der Waals surface area contributed by atoms with E-state index in [4.69, 9.17) is 4.89 Å². The number of nitrogens with zero attached hydrogens (tertiary/aromatic N) is 1. The Labute approximate surface area is 139 Å². The maximum absolute atomic E-state index is 10.7. The van der Waals surface area contributed by atoms with Gasteiger partial charge in [-0.15, -0.1) is 0 Å². The molecular formula is C16H17N3O3S. The van der Waals surface area contributed by atoms with Gasteiger partial charge in [0.2, 0.25) is 0 Å². The largest absolute Gasteiger partial charge is 0.333 e. The molecule has 0 saturated heterocycles. The van der Waals surface area contributed by atoms with Gasteiger partial charge in [-0.25, -0.2) is 4.99 Å². The molecule has 0 spiro atoms. The van der Waals surface area contributed by atoms with Gasteiger partial charge in [-0.05, 0) is 11.1 Å². The Hall–Kier alpha value is -2.51. The second kappa shape index (κ2) is 9.50. The quantitative estimate of drug-likeness (QED) is 0.250. The van der Waals surface area contributed by atoms with Crippen molar-refractivity contribution in [1.82, 2.24) is 10.8 Å². The van der Waals surface area contributed by atoms with Crippen LogP contribution in [0.2, 0.25) is 0 Å². The van der Waals surface area contributed by atoms with Gasteiger partial charge in [0.25, 0.3) is 0 Å². The van der Waals surface area contributed by atoms with E-state index in [1.165, 1.54) is 0 Å². The van der Waals surface area contributed by atoms with Gasteiger partial charge in [0.1, 0.15) is 0 Å². The fraction of sp³-hybridized carbons (Fsp3) is 0.125. The monoisotopic (exact) mass is 331 g/mol. The smallest absolute Gasteiger partial charge is 0.325 e. The number of thiol groups is 1. The lowest BCUT2D eigenvalue weighted by atomic mass is 10.2. The van der Waals surface area contributed by atoms with Gasteiger partial charge in [-0.1, -0.05) is 78.3 Å². The molecule has 7 heteroatoms. The van der Waals surface area contributed by atoms with E-state index >= 15 is 0 Å². The Balaban J connectivity index is 1.94. The molecule has 120 valence electrons. The van der Waals surface area contributed by atoms with Gasteiger partial charge < -0.3 is 5.32 Å². The number of hydrogen-bond donors (Lipinski definition) is 3. The van der Waals surface area contributed by atoms with Crippen molar-refractivity contribution in [3.63, 3.8) is 0 Å². The van der Waals surface area contributed by atoms with Crippen LogP contribution >= 0.6 is 12.6 Å². The summed E-state index contributed by atoms with van der Waals surface area (Å²) in [4.78, 5) is 24.5. The molecule has 0 bridgehead atoms. The van der Waals surface area contributed by atoms with Crippen LogP contribution < -0.4 is 10.8 Å². The number of aliphatic imine (C=N–C) groups is 1. The first-order chi connectivity index (χ1) is 11.2. The highest BCUT2D eigenvalue weighted by Gasteiger charge is 2.04. The lowest BCUT2D eigenvalue weighted by Gasteiger charge is -2.09. The van der Waals surface area contributed by atoms with E-state index < -0.39 is 5.24 Å². The van der Waals surface area contributed by atoms with Crippen molar-refractivity contribution < 1.29 is 14.7 Å². The number of hydroxylamine groups is 1. The standard InChI is InChI=1S/C16H17N3O3S/c20-16(23)19-22-21-15(17-11-13-7-3-1-4-8-13)18-12-14-9-5-2-6-10-14/h1-10H,11-12H2,(H,17,18)(H2,19,20,23). The van der Waals surface area contributed by atoms with Crippen molar-refractivity contribution in [2.75, 3.05) is 0 Å². The van der Waals surface area contributed by atoms with E-state index in [0.717, 1.165) is 11.1 Å². The van der Waals surface area contributed by atoms with Crippen molar-refractivity contribution in [2.24, 2.45) is 4.99 Å². The van der Waals surface area contributed by atoms with Crippen molar-refractivity contribution in [3.8, 4) is 0 Å². The Morgan fingerprint density at radius 3 is 2.22 bits per heavy atom. The molecule has 0 unspecified atom stereocenters. The van der Waals surface area contributed by atoms with Crippen molar-refractivity contribution in [3.05, 3.63) is 71.8 Å². The molecule has 2 aromatic rings.